The zero-order valence-corrected chi connectivity index (χ0v) is 18.2. The normalized spacial score (nSPS) is 11.1. The molecule has 0 aliphatic rings. The Kier molecular flexibility index (Phi) is 7.90. The van der Waals surface area contributed by atoms with Crippen molar-refractivity contribution >= 4 is 58.6 Å². The molecule has 144 valence electrons. The maximum atomic E-state index is 11.9. The van der Waals surface area contributed by atoms with Gasteiger partial charge in [0, 0.05) is 10.8 Å². The van der Waals surface area contributed by atoms with Gasteiger partial charge in [-0.25, -0.2) is 5.43 Å². The van der Waals surface area contributed by atoms with Crippen molar-refractivity contribution in [3.63, 3.8) is 0 Å². The number of hydrogen-bond donors (Lipinski definition) is 1. The number of amides is 1. The molecule has 0 saturated heterocycles. The van der Waals surface area contributed by atoms with Gasteiger partial charge in [-0.05, 0) is 24.1 Å². The molecule has 3 rings (SSSR count). The highest BCUT2D eigenvalue weighted by Gasteiger charge is 2.09. The first-order chi connectivity index (χ1) is 13.6. The summed E-state index contributed by atoms with van der Waals surface area (Å²) in [4.78, 5) is 11.9. The van der Waals surface area contributed by atoms with Gasteiger partial charge in [0.2, 0.25) is 0 Å². The van der Waals surface area contributed by atoms with E-state index < -0.39 is 0 Å². The molecule has 0 saturated carbocycles. The smallest absolute Gasteiger partial charge is 0.250 e. The largest absolute Gasteiger partial charge is 0.272 e. The van der Waals surface area contributed by atoms with Gasteiger partial charge in [0.05, 0.1) is 12.0 Å². The number of rotatable bonds is 8. The highest BCUT2D eigenvalue weighted by Crippen LogP contribution is 2.32. The molecule has 1 amide bonds. The van der Waals surface area contributed by atoms with E-state index in [1.54, 1.807) is 18.0 Å². The minimum atomic E-state index is -0.186. The summed E-state index contributed by atoms with van der Waals surface area (Å²) in [5, 5.41) is 13.0. The van der Waals surface area contributed by atoms with E-state index in [9.17, 15) is 4.79 Å². The van der Waals surface area contributed by atoms with Crippen molar-refractivity contribution in [3.8, 4) is 0 Å². The number of hydrogen-bond acceptors (Lipinski definition) is 7. The number of hydrazone groups is 1. The molecule has 0 atom stereocenters. The second-order valence-corrected chi connectivity index (χ2v) is 9.54. The lowest BCUT2D eigenvalue weighted by atomic mass is 10.2. The Balaban J connectivity index is 1.41. The maximum Gasteiger partial charge on any atom is 0.250 e. The van der Waals surface area contributed by atoms with Crippen LogP contribution in [0.3, 0.4) is 0 Å². The number of aromatic nitrogens is 2. The third kappa shape index (κ3) is 6.63. The molecule has 0 bridgehead atoms. The van der Waals surface area contributed by atoms with Crippen molar-refractivity contribution in [2.75, 3.05) is 5.75 Å². The van der Waals surface area contributed by atoms with Gasteiger partial charge in [-0.2, -0.15) is 5.10 Å². The molecule has 0 aliphatic heterocycles. The number of nitrogens with one attached hydrogen (secondary N) is 1. The van der Waals surface area contributed by atoms with Crippen LogP contribution in [0.15, 0.2) is 62.3 Å². The average molecular weight is 449 g/mol. The minimum absolute atomic E-state index is 0.186. The van der Waals surface area contributed by atoms with Gasteiger partial charge in [-0.1, -0.05) is 94.5 Å². The van der Waals surface area contributed by atoms with Crippen LogP contribution in [-0.2, 0) is 10.5 Å². The molecule has 1 heterocycles. The summed E-state index contributed by atoms with van der Waals surface area (Å²) >= 11 is 10.5. The Morgan fingerprint density at radius 1 is 1.14 bits per heavy atom. The Morgan fingerprint density at radius 3 is 2.61 bits per heavy atom. The van der Waals surface area contributed by atoms with E-state index in [0.717, 1.165) is 30.6 Å². The van der Waals surface area contributed by atoms with Gasteiger partial charge in [0.1, 0.15) is 0 Å². The summed E-state index contributed by atoms with van der Waals surface area (Å²) in [6.45, 7) is 2.02. The van der Waals surface area contributed by atoms with Crippen LogP contribution in [0.2, 0.25) is 5.02 Å². The second kappa shape index (κ2) is 10.6. The molecule has 0 spiro atoms. The molecule has 9 heteroatoms. The van der Waals surface area contributed by atoms with E-state index in [4.69, 9.17) is 11.6 Å². The van der Waals surface area contributed by atoms with Crippen molar-refractivity contribution in [2.24, 2.45) is 5.10 Å². The van der Waals surface area contributed by atoms with E-state index in [2.05, 4.69) is 20.7 Å². The van der Waals surface area contributed by atoms with E-state index >= 15 is 0 Å². The number of thioether (sulfide) groups is 2. The fraction of sp³-hybridized carbons (Fsp3) is 0.158. The molecule has 5 nitrogen and oxygen atoms in total. The van der Waals surface area contributed by atoms with Gasteiger partial charge < -0.3 is 0 Å². The molecule has 2 aromatic carbocycles. The van der Waals surface area contributed by atoms with E-state index in [1.807, 2.05) is 55.5 Å². The topological polar surface area (TPSA) is 67.2 Å². The molecular weight excluding hydrogens is 432 g/mol. The Hall–Kier alpha value is -1.87. The summed E-state index contributed by atoms with van der Waals surface area (Å²) in [7, 11) is 0. The standard InChI is InChI=1S/C19H17ClN4OS3/c1-13-6-8-14(9-7-13)10-21-22-17(25)12-27-19-24-23-18(28-19)26-11-15-4-2-3-5-16(15)20/h2-10H,11-12H2,1H3,(H,22,25). The average Bonchev–Trinajstić information content (AvgIpc) is 3.15. The number of nitrogens with zero attached hydrogens (tertiary/aromatic N) is 3. The van der Waals surface area contributed by atoms with Crippen molar-refractivity contribution in [2.45, 2.75) is 21.4 Å². The fourth-order valence-corrected chi connectivity index (χ4v) is 5.16. The quantitative estimate of drug-likeness (QED) is 0.297. The zero-order chi connectivity index (χ0) is 19.8. The van der Waals surface area contributed by atoms with Crippen LogP contribution >= 0.6 is 46.5 Å². The summed E-state index contributed by atoms with van der Waals surface area (Å²) in [5.41, 5.74) is 5.69. The SMILES string of the molecule is Cc1ccc(C=NNC(=O)CSc2nnc(SCc3ccccc3Cl)s2)cc1. The van der Waals surface area contributed by atoms with Gasteiger partial charge in [0.15, 0.2) is 8.68 Å². The first kappa shape index (κ1) is 20.9. The first-order valence-corrected chi connectivity index (χ1v) is 11.5. The molecular formula is C19H17ClN4OS3. The minimum Gasteiger partial charge on any atom is -0.272 e. The van der Waals surface area contributed by atoms with Gasteiger partial charge >= 0.3 is 0 Å². The van der Waals surface area contributed by atoms with E-state index in [1.165, 1.54) is 28.7 Å². The Morgan fingerprint density at radius 2 is 1.86 bits per heavy atom. The number of benzene rings is 2. The number of halogens is 1. The Labute approximate surface area is 181 Å². The van der Waals surface area contributed by atoms with Crippen molar-refractivity contribution in [1.82, 2.24) is 15.6 Å². The summed E-state index contributed by atoms with van der Waals surface area (Å²) in [6, 6.07) is 15.6. The molecule has 3 aromatic rings. The zero-order valence-electron chi connectivity index (χ0n) is 15.0. The summed E-state index contributed by atoms with van der Waals surface area (Å²) in [5.74, 6) is 0.774. The van der Waals surface area contributed by atoms with Crippen molar-refractivity contribution in [3.05, 3.63) is 70.2 Å². The van der Waals surface area contributed by atoms with Crippen molar-refractivity contribution in [1.29, 1.82) is 0 Å². The molecule has 0 aliphatic carbocycles. The maximum absolute atomic E-state index is 11.9. The van der Waals surface area contributed by atoms with E-state index in [-0.39, 0.29) is 11.7 Å². The van der Waals surface area contributed by atoms with Crippen LogP contribution < -0.4 is 5.43 Å². The van der Waals surface area contributed by atoms with Crippen LogP contribution in [0.1, 0.15) is 16.7 Å². The molecule has 1 N–H and O–H groups in total. The first-order valence-electron chi connectivity index (χ1n) is 8.31. The number of carbonyl (C=O) groups is 1. The van der Waals surface area contributed by atoms with Gasteiger partial charge in [0.25, 0.3) is 5.91 Å². The molecule has 28 heavy (non-hydrogen) atoms. The Bertz CT molecular complexity index is 960. The van der Waals surface area contributed by atoms with Crippen LogP contribution in [0.5, 0.6) is 0 Å². The second-order valence-electron chi connectivity index (χ2n) is 5.71. The van der Waals surface area contributed by atoms with Gasteiger partial charge in [-0.15, -0.1) is 10.2 Å². The van der Waals surface area contributed by atoms with Crippen LogP contribution in [0, 0.1) is 6.92 Å². The predicted molar refractivity (Wildman–Crippen MR) is 119 cm³/mol. The van der Waals surface area contributed by atoms with Gasteiger partial charge in [-0.3, -0.25) is 4.79 Å². The lowest BCUT2D eigenvalue weighted by Gasteiger charge is -2.00. The molecule has 1 aromatic heterocycles. The highest BCUT2D eigenvalue weighted by atomic mass is 35.5. The lowest BCUT2D eigenvalue weighted by molar-refractivity contribution is -0.118. The molecule has 0 unspecified atom stereocenters. The predicted octanol–water partition coefficient (Wildman–Crippen LogP) is 5.03. The van der Waals surface area contributed by atoms with Crippen LogP contribution in [-0.4, -0.2) is 28.1 Å². The van der Waals surface area contributed by atoms with Crippen LogP contribution in [0.4, 0.5) is 0 Å². The van der Waals surface area contributed by atoms with E-state index in [0.29, 0.717) is 0 Å². The monoisotopic (exact) mass is 448 g/mol. The molecule has 0 radical (unpaired) electrons. The third-order valence-corrected chi connectivity index (χ3v) is 7.11. The third-order valence-electron chi connectivity index (χ3n) is 3.50. The number of carbonyl (C=O) groups excluding carboxylic acids is 1. The number of aryl methyl sites for hydroxylation is 1. The fourth-order valence-electron chi connectivity index (χ4n) is 2.06. The molecule has 0 fully saturated rings. The van der Waals surface area contributed by atoms with Crippen molar-refractivity contribution < 1.29 is 4.79 Å². The van der Waals surface area contributed by atoms with Crippen LogP contribution in [0.25, 0.3) is 0 Å². The summed E-state index contributed by atoms with van der Waals surface area (Å²) < 4.78 is 1.60. The lowest BCUT2D eigenvalue weighted by Crippen LogP contribution is -2.19. The highest BCUT2D eigenvalue weighted by molar-refractivity contribution is 8.03. The summed E-state index contributed by atoms with van der Waals surface area (Å²) in [6.07, 6.45) is 1.62.